The SMILES string of the molecule is CCc1cccc(-c2ccc3c(c2)CCCN3)c1. The molecule has 1 nitrogen and oxygen atoms in total. The minimum atomic E-state index is 1.10. The normalized spacial score (nSPS) is 13.8. The van der Waals surface area contributed by atoms with E-state index in [1.807, 2.05) is 0 Å². The van der Waals surface area contributed by atoms with Crippen molar-refractivity contribution in [1.82, 2.24) is 0 Å². The van der Waals surface area contributed by atoms with Crippen LogP contribution in [0.3, 0.4) is 0 Å². The van der Waals surface area contributed by atoms with Crippen molar-refractivity contribution in [2.75, 3.05) is 11.9 Å². The van der Waals surface area contributed by atoms with E-state index in [9.17, 15) is 0 Å². The van der Waals surface area contributed by atoms with E-state index in [-0.39, 0.29) is 0 Å². The van der Waals surface area contributed by atoms with E-state index in [1.165, 1.54) is 40.8 Å². The Kier molecular flexibility index (Phi) is 3.06. The summed E-state index contributed by atoms with van der Waals surface area (Å²) in [6.45, 7) is 3.31. The topological polar surface area (TPSA) is 12.0 Å². The molecule has 0 fully saturated rings. The molecule has 1 heterocycles. The van der Waals surface area contributed by atoms with Gasteiger partial charge in [-0.3, -0.25) is 0 Å². The minimum Gasteiger partial charge on any atom is -0.385 e. The van der Waals surface area contributed by atoms with Gasteiger partial charge in [0.1, 0.15) is 0 Å². The highest BCUT2D eigenvalue weighted by Gasteiger charge is 2.09. The lowest BCUT2D eigenvalue weighted by Gasteiger charge is -2.18. The summed E-state index contributed by atoms with van der Waals surface area (Å²) < 4.78 is 0. The van der Waals surface area contributed by atoms with Crippen LogP contribution in [0.25, 0.3) is 11.1 Å². The first-order valence-electron chi connectivity index (χ1n) is 6.83. The Balaban J connectivity index is 2.00. The molecule has 0 bridgehead atoms. The van der Waals surface area contributed by atoms with Crippen LogP contribution in [-0.4, -0.2) is 6.54 Å². The van der Waals surface area contributed by atoms with Gasteiger partial charge in [-0.2, -0.15) is 0 Å². The summed E-state index contributed by atoms with van der Waals surface area (Å²) in [7, 11) is 0. The zero-order valence-electron chi connectivity index (χ0n) is 10.9. The summed E-state index contributed by atoms with van der Waals surface area (Å²) in [5, 5.41) is 3.46. The first kappa shape index (κ1) is 11.3. The predicted molar refractivity (Wildman–Crippen MR) is 78.1 cm³/mol. The highest BCUT2D eigenvalue weighted by Crippen LogP contribution is 2.28. The Morgan fingerprint density at radius 2 is 1.94 bits per heavy atom. The number of hydrogen-bond donors (Lipinski definition) is 1. The van der Waals surface area contributed by atoms with E-state index in [1.54, 1.807) is 0 Å². The molecule has 0 radical (unpaired) electrons. The lowest BCUT2D eigenvalue weighted by atomic mass is 9.96. The van der Waals surface area contributed by atoms with E-state index < -0.39 is 0 Å². The van der Waals surface area contributed by atoms with Crippen LogP contribution in [0.15, 0.2) is 42.5 Å². The molecule has 3 rings (SSSR count). The second-order valence-electron chi connectivity index (χ2n) is 4.96. The van der Waals surface area contributed by atoms with Crippen molar-refractivity contribution >= 4 is 5.69 Å². The highest BCUT2D eigenvalue weighted by molar-refractivity contribution is 5.69. The Morgan fingerprint density at radius 1 is 1.06 bits per heavy atom. The standard InChI is InChI=1S/C17H19N/c1-2-13-5-3-6-14(11-13)15-8-9-17-16(12-15)7-4-10-18-17/h3,5-6,8-9,11-12,18H,2,4,7,10H2,1H3. The lowest BCUT2D eigenvalue weighted by Crippen LogP contribution is -2.11. The molecule has 1 aliphatic rings. The second-order valence-corrected chi connectivity index (χ2v) is 4.96. The summed E-state index contributed by atoms with van der Waals surface area (Å²) in [6, 6.07) is 15.7. The Morgan fingerprint density at radius 3 is 2.83 bits per heavy atom. The summed E-state index contributed by atoms with van der Waals surface area (Å²) in [6.07, 6.45) is 3.54. The molecule has 1 aliphatic heterocycles. The van der Waals surface area contributed by atoms with Crippen LogP contribution in [0.5, 0.6) is 0 Å². The van der Waals surface area contributed by atoms with Crippen LogP contribution in [-0.2, 0) is 12.8 Å². The third kappa shape index (κ3) is 2.13. The van der Waals surface area contributed by atoms with E-state index in [4.69, 9.17) is 0 Å². The van der Waals surface area contributed by atoms with Gasteiger partial charge in [0.25, 0.3) is 0 Å². The average Bonchev–Trinajstić information content (AvgIpc) is 2.47. The Hall–Kier alpha value is -1.76. The number of anilines is 1. The van der Waals surface area contributed by atoms with Gasteiger partial charge >= 0.3 is 0 Å². The monoisotopic (exact) mass is 237 g/mol. The molecule has 0 spiro atoms. The molecule has 92 valence electrons. The molecule has 1 heteroatoms. The molecule has 0 atom stereocenters. The second kappa shape index (κ2) is 4.85. The molecular weight excluding hydrogens is 218 g/mol. The molecule has 2 aromatic rings. The fraction of sp³-hybridized carbons (Fsp3) is 0.294. The molecule has 0 aliphatic carbocycles. The third-order valence-corrected chi connectivity index (χ3v) is 3.71. The maximum atomic E-state index is 3.46. The van der Waals surface area contributed by atoms with Crippen LogP contribution in [0.4, 0.5) is 5.69 Å². The largest absolute Gasteiger partial charge is 0.385 e. The van der Waals surface area contributed by atoms with Crippen molar-refractivity contribution in [3.05, 3.63) is 53.6 Å². The summed E-state index contributed by atoms with van der Waals surface area (Å²) >= 11 is 0. The van der Waals surface area contributed by atoms with Crippen molar-refractivity contribution in [2.45, 2.75) is 26.2 Å². The molecule has 0 aromatic heterocycles. The van der Waals surface area contributed by atoms with Gasteiger partial charge in [0, 0.05) is 12.2 Å². The van der Waals surface area contributed by atoms with Gasteiger partial charge in [-0.15, -0.1) is 0 Å². The minimum absolute atomic E-state index is 1.10. The summed E-state index contributed by atoms with van der Waals surface area (Å²) in [4.78, 5) is 0. The average molecular weight is 237 g/mol. The number of nitrogens with one attached hydrogen (secondary N) is 1. The number of aryl methyl sites for hydroxylation is 2. The van der Waals surface area contributed by atoms with Crippen LogP contribution in [0, 0.1) is 0 Å². The highest BCUT2D eigenvalue weighted by atomic mass is 14.9. The van der Waals surface area contributed by atoms with Gasteiger partial charge in [-0.05, 0) is 53.6 Å². The first-order valence-corrected chi connectivity index (χ1v) is 6.83. The molecule has 0 saturated carbocycles. The lowest BCUT2D eigenvalue weighted by molar-refractivity contribution is 0.830. The van der Waals surface area contributed by atoms with Gasteiger partial charge < -0.3 is 5.32 Å². The zero-order chi connectivity index (χ0) is 12.4. The van der Waals surface area contributed by atoms with Crippen LogP contribution in [0.1, 0.15) is 24.5 Å². The predicted octanol–water partition coefficient (Wildman–Crippen LogP) is 4.27. The Labute approximate surface area is 109 Å². The van der Waals surface area contributed by atoms with E-state index in [2.05, 4.69) is 54.7 Å². The fourth-order valence-electron chi connectivity index (χ4n) is 2.63. The van der Waals surface area contributed by atoms with Crippen LogP contribution >= 0.6 is 0 Å². The van der Waals surface area contributed by atoms with Crippen LogP contribution < -0.4 is 5.32 Å². The number of rotatable bonds is 2. The van der Waals surface area contributed by atoms with Crippen molar-refractivity contribution in [2.24, 2.45) is 0 Å². The Bertz CT molecular complexity index is 557. The van der Waals surface area contributed by atoms with Crippen molar-refractivity contribution in [1.29, 1.82) is 0 Å². The van der Waals surface area contributed by atoms with Gasteiger partial charge in [-0.1, -0.05) is 37.3 Å². The smallest absolute Gasteiger partial charge is 0.0373 e. The van der Waals surface area contributed by atoms with E-state index in [0.29, 0.717) is 0 Å². The molecule has 18 heavy (non-hydrogen) atoms. The van der Waals surface area contributed by atoms with Crippen molar-refractivity contribution < 1.29 is 0 Å². The molecule has 2 aromatic carbocycles. The van der Waals surface area contributed by atoms with Gasteiger partial charge in [0.15, 0.2) is 0 Å². The maximum Gasteiger partial charge on any atom is 0.0373 e. The first-order chi connectivity index (χ1) is 8.86. The van der Waals surface area contributed by atoms with Gasteiger partial charge in [0.2, 0.25) is 0 Å². The molecule has 0 amide bonds. The maximum absolute atomic E-state index is 3.46. The van der Waals surface area contributed by atoms with Crippen molar-refractivity contribution in [3.8, 4) is 11.1 Å². The summed E-state index contributed by atoms with van der Waals surface area (Å²) in [5.74, 6) is 0. The summed E-state index contributed by atoms with van der Waals surface area (Å²) in [5.41, 5.74) is 6.86. The molecule has 0 unspecified atom stereocenters. The van der Waals surface area contributed by atoms with E-state index >= 15 is 0 Å². The van der Waals surface area contributed by atoms with E-state index in [0.717, 1.165) is 13.0 Å². The quantitative estimate of drug-likeness (QED) is 0.822. The molecule has 1 N–H and O–H groups in total. The molecule has 0 saturated heterocycles. The third-order valence-electron chi connectivity index (χ3n) is 3.71. The van der Waals surface area contributed by atoms with Gasteiger partial charge in [-0.25, -0.2) is 0 Å². The van der Waals surface area contributed by atoms with Gasteiger partial charge in [0.05, 0.1) is 0 Å². The number of benzene rings is 2. The number of hydrogen-bond acceptors (Lipinski definition) is 1. The zero-order valence-corrected chi connectivity index (χ0v) is 10.9. The van der Waals surface area contributed by atoms with Crippen LogP contribution in [0.2, 0.25) is 0 Å². The molecular formula is C17H19N. The number of fused-ring (bicyclic) bond motifs is 1. The fourth-order valence-corrected chi connectivity index (χ4v) is 2.63. The van der Waals surface area contributed by atoms with Crippen molar-refractivity contribution in [3.63, 3.8) is 0 Å².